The number of pyridine rings is 1. The summed E-state index contributed by atoms with van der Waals surface area (Å²) in [4.78, 5) is 4.55. The number of rotatable bonds is 2. The number of benzene rings is 1. The van der Waals surface area contributed by atoms with Crippen LogP contribution in [0.1, 0.15) is 16.7 Å². The summed E-state index contributed by atoms with van der Waals surface area (Å²) in [6.45, 7) is 3.59. The summed E-state index contributed by atoms with van der Waals surface area (Å²) in [7, 11) is 0. The molecule has 0 atom stereocenters. The van der Waals surface area contributed by atoms with Gasteiger partial charge in [0.05, 0.1) is 16.8 Å². The lowest BCUT2D eigenvalue weighted by molar-refractivity contribution is -0.136. The van der Waals surface area contributed by atoms with E-state index < -0.39 is 11.7 Å². The van der Waals surface area contributed by atoms with Crippen molar-refractivity contribution in [2.75, 3.05) is 0 Å². The number of thiophene rings is 1. The van der Waals surface area contributed by atoms with Gasteiger partial charge in [0, 0.05) is 21.9 Å². The van der Waals surface area contributed by atoms with E-state index in [1.54, 1.807) is 24.3 Å². The van der Waals surface area contributed by atoms with Crippen molar-refractivity contribution in [3.63, 3.8) is 0 Å². The molecule has 0 fully saturated rings. The highest BCUT2D eigenvalue weighted by Gasteiger charge is 2.35. The van der Waals surface area contributed by atoms with Gasteiger partial charge in [0.15, 0.2) is 0 Å². The van der Waals surface area contributed by atoms with Crippen molar-refractivity contribution >= 4 is 27.6 Å². The maximum absolute atomic E-state index is 13.2. The van der Waals surface area contributed by atoms with Crippen LogP contribution in [0.3, 0.4) is 0 Å². The van der Waals surface area contributed by atoms with Crippen LogP contribution in [0, 0.1) is 11.3 Å². The minimum atomic E-state index is -4.50. The molecule has 0 N–H and O–H groups in total. The fourth-order valence-corrected chi connectivity index (χ4v) is 3.39. The molecule has 0 radical (unpaired) electrons. The Kier molecular flexibility index (Phi) is 3.66. The third-order valence-corrected chi connectivity index (χ3v) is 4.30. The van der Waals surface area contributed by atoms with Crippen LogP contribution in [0.25, 0.3) is 27.6 Å². The first-order valence-corrected chi connectivity index (χ1v) is 7.45. The summed E-state index contributed by atoms with van der Waals surface area (Å²) in [5.74, 6) is 0. The minimum Gasteiger partial charge on any atom is -0.235 e. The zero-order valence-electron chi connectivity index (χ0n) is 11.7. The third kappa shape index (κ3) is 2.49. The van der Waals surface area contributed by atoms with Gasteiger partial charge in [-0.1, -0.05) is 43.0 Å². The summed E-state index contributed by atoms with van der Waals surface area (Å²) in [5.41, 5.74) is 0.533. The Labute approximate surface area is 134 Å². The lowest BCUT2D eigenvalue weighted by Crippen LogP contribution is -2.05. The van der Waals surface area contributed by atoms with E-state index in [0.29, 0.717) is 11.3 Å². The molecule has 0 unspecified atom stereocenters. The number of alkyl halides is 3. The van der Waals surface area contributed by atoms with E-state index in [9.17, 15) is 18.4 Å². The maximum atomic E-state index is 13.2. The molecule has 1 aromatic carbocycles. The van der Waals surface area contributed by atoms with Crippen LogP contribution in [-0.4, -0.2) is 4.98 Å². The lowest BCUT2D eigenvalue weighted by atomic mass is 9.98. The van der Waals surface area contributed by atoms with Gasteiger partial charge in [-0.2, -0.15) is 18.4 Å². The second kappa shape index (κ2) is 5.52. The minimum absolute atomic E-state index is 0.0614. The second-order valence-electron chi connectivity index (χ2n) is 4.76. The van der Waals surface area contributed by atoms with E-state index >= 15 is 0 Å². The molecule has 2 aromatic heterocycles. The summed E-state index contributed by atoms with van der Waals surface area (Å²) in [6, 6.07) is 10.9. The maximum Gasteiger partial charge on any atom is 0.417 e. The topological polar surface area (TPSA) is 36.7 Å². The van der Waals surface area contributed by atoms with Crippen LogP contribution in [0.5, 0.6) is 0 Å². The van der Waals surface area contributed by atoms with Gasteiger partial charge in [0.2, 0.25) is 0 Å². The molecular weight excluding hydrogens is 321 g/mol. The normalized spacial score (nSPS) is 11.4. The fourth-order valence-electron chi connectivity index (χ4n) is 2.43. The molecule has 0 amide bonds. The van der Waals surface area contributed by atoms with Crippen LogP contribution in [0.15, 0.2) is 42.3 Å². The number of fused-ring (bicyclic) bond motifs is 1. The van der Waals surface area contributed by atoms with Crippen LogP contribution in [0.2, 0.25) is 0 Å². The van der Waals surface area contributed by atoms with Crippen LogP contribution >= 0.6 is 11.3 Å². The van der Waals surface area contributed by atoms with Gasteiger partial charge in [0.1, 0.15) is 10.9 Å². The molecule has 0 aliphatic carbocycles. The fraction of sp³-hybridized carbons (Fsp3) is 0.0588. The van der Waals surface area contributed by atoms with Gasteiger partial charge < -0.3 is 0 Å². The highest BCUT2D eigenvalue weighted by atomic mass is 32.1. The molecule has 114 valence electrons. The summed E-state index contributed by atoms with van der Waals surface area (Å²) in [6.07, 6.45) is -3.21. The molecular formula is C17H9F3N2S. The second-order valence-corrected chi connectivity index (χ2v) is 5.62. The summed E-state index contributed by atoms with van der Waals surface area (Å²) in [5, 5.41) is 10.4. The van der Waals surface area contributed by atoms with E-state index in [1.807, 2.05) is 12.1 Å². The number of nitriles is 1. The average Bonchev–Trinajstić information content (AvgIpc) is 2.97. The highest BCUT2D eigenvalue weighted by Crippen LogP contribution is 2.42. The van der Waals surface area contributed by atoms with E-state index in [0.717, 1.165) is 16.7 Å². The lowest BCUT2D eigenvalue weighted by Gasteiger charge is -2.11. The molecule has 0 aliphatic rings. The van der Waals surface area contributed by atoms with Crippen LogP contribution in [0.4, 0.5) is 13.2 Å². The number of hydrogen-bond donors (Lipinski definition) is 0. The summed E-state index contributed by atoms with van der Waals surface area (Å²) < 4.78 is 39.6. The predicted octanol–water partition coefficient (Wildman–Crippen LogP) is 5.50. The first-order chi connectivity index (χ1) is 11.0. The molecule has 2 heterocycles. The van der Waals surface area contributed by atoms with Crippen LogP contribution in [-0.2, 0) is 6.18 Å². The third-order valence-electron chi connectivity index (χ3n) is 3.43. The number of nitrogens with zero attached hydrogens (tertiary/aromatic N) is 2. The van der Waals surface area contributed by atoms with Crippen molar-refractivity contribution in [3.05, 3.63) is 59.0 Å². The first kappa shape index (κ1) is 15.3. The largest absolute Gasteiger partial charge is 0.417 e. The zero-order chi connectivity index (χ0) is 16.6. The van der Waals surface area contributed by atoms with Crippen molar-refractivity contribution in [3.8, 4) is 17.3 Å². The van der Waals surface area contributed by atoms with E-state index in [1.165, 1.54) is 6.08 Å². The van der Waals surface area contributed by atoms with Gasteiger partial charge in [-0.15, -0.1) is 11.3 Å². The smallest absolute Gasteiger partial charge is 0.235 e. The molecule has 3 aromatic rings. The molecule has 6 heteroatoms. The molecule has 0 spiro atoms. The van der Waals surface area contributed by atoms with Crippen molar-refractivity contribution < 1.29 is 13.2 Å². The molecule has 0 saturated heterocycles. The molecule has 3 rings (SSSR count). The van der Waals surface area contributed by atoms with E-state index in [2.05, 4.69) is 11.6 Å². The van der Waals surface area contributed by atoms with Gasteiger partial charge in [-0.05, 0) is 0 Å². The van der Waals surface area contributed by atoms with Gasteiger partial charge in [-0.3, -0.25) is 0 Å². The number of halogens is 3. The Hall–Kier alpha value is -2.65. The van der Waals surface area contributed by atoms with Crippen molar-refractivity contribution in [2.24, 2.45) is 0 Å². The average molecular weight is 330 g/mol. The monoisotopic (exact) mass is 330 g/mol. The van der Waals surface area contributed by atoms with Gasteiger partial charge >= 0.3 is 6.18 Å². The molecule has 2 nitrogen and oxygen atoms in total. The van der Waals surface area contributed by atoms with Gasteiger partial charge in [0.25, 0.3) is 0 Å². The Morgan fingerprint density at radius 1 is 1.22 bits per heavy atom. The standard InChI is InChI=1S/C17H9F3N2S/c1-2-11-12(8-21)15(10-6-4-3-5-7-10)22-16-14(11)13(9-23-16)17(18,19)20/h2-7,9H,1H2. The molecule has 0 saturated carbocycles. The first-order valence-electron chi connectivity index (χ1n) is 6.57. The van der Waals surface area contributed by atoms with Crippen molar-refractivity contribution in [1.82, 2.24) is 4.98 Å². The SMILES string of the molecule is C=Cc1c(C#N)c(-c2ccccc2)nc2scc(C(F)(F)F)c12. The van der Waals surface area contributed by atoms with Crippen LogP contribution < -0.4 is 0 Å². The Bertz CT molecular complexity index is 934. The van der Waals surface area contributed by atoms with E-state index in [4.69, 9.17) is 0 Å². The quantitative estimate of drug-likeness (QED) is 0.622. The molecule has 0 aliphatic heterocycles. The Morgan fingerprint density at radius 3 is 2.48 bits per heavy atom. The summed E-state index contributed by atoms with van der Waals surface area (Å²) >= 11 is 0.910. The molecule has 0 bridgehead atoms. The van der Waals surface area contributed by atoms with E-state index in [-0.39, 0.29) is 21.3 Å². The zero-order valence-corrected chi connectivity index (χ0v) is 12.5. The van der Waals surface area contributed by atoms with Crippen molar-refractivity contribution in [2.45, 2.75) is 6.18 Å². The van der Waals surface area contributed by atoms with Gasteiger partial charge in [-0.25, -0.2) is 4.98 Å². The number of aromatic nitrogens is 1. The Morgan fingerprint density at radius 2 is 1.91 bits per heavy atom. The highest BCUT2D eigenvalue weighted by molar-refractivity contribution is 7.17. The number of hydrogen-bond acceptors (Lipinski definition) is 3. The molecule has 23 heavy (non-hydrogen) atoms. The van der Waals surface area contributed by atoms with Crippen molar-refractivity contribution in [1.29, 1.82) is 5.26 Å². The Balaban J connectivity index is 2.43. The predicted molar refractivity (Wildman–Crippen MR) is 84.9 cm³/mol.